The number of benzene rings is 2. The van der Waals surface area contributed by atoms with Gasteiger partial charge in [0.2, 0.25) is 0 Å². The largest absolute Gasteiger partial charge is 0.507 e. The Hall–Kier alpha value is -3.16. The van der Waals surface area contributed by atoms with Crippen molar-refractivity contribution in [2.45, 2.75) is 6.23 Å². The van der Waals surface area contributed by atoms with Crippen LogP contribution < -0.4 is 9.64 Å². The van der Waals surface area contributed by atoms with Crippen LogP contribution in [0, 0.1) is 17.5 Å². The molecule has 2 saturated heterocycles. The number of rotatable bonds is 8. The zero-order valence-corrected chi connectivity index (χ0v) is 22.4. The molecule has 3 heterocycles. The number of phenolic OH excluding ortho intramolecular Hbond substituents is 1. The molecule has 214 valence electrons. The van der Waals surface area contributed by atoms with Gasteiger partial charge in [0, 0.05) is 56.8 Å². The lowest BCUT2D eigenvalue weighted by Crippen LogP contribution is -2.50. The Balaban J connectivity index is 1.55. The molecule has 40 heavy (non-hydrogen) atoms. The van der Waals surface area contributed by atoms with Gasteiger partial charge in [0.25, 0.3) is 0 Å². The fraction of sp³-hybridized carbons (Fsp3) is 0.407. The number of hydrogen-bond acceptors (Lipinski definition) is 9. The summed E-state index contributed by atoms with van der Waals surface area (Å²) in [6, 6.07) is 2.94. The standard InChI is InChI=1S/C27H29ClF3N5O4/c1-2-20(38)35-5-7-36(8-6-35)26-16-15-17(28)21(22-19(37)4-3-18(29)23(22)30)24(31)25(16)32-27(33-26)40-14-11-34-9-12-39-13-10-34/h2-4,15,20,37-38H,1,5-14H2. The fourth-order valence-corrected chi connectivity index (χ4v) is 5.20. The third-order valence-corrected chi connectivity index (χ3v) is 7.40. The summed E-state index contributed by atoms with van der Waals surface area (Å²) in [6.07, 6.45) is 0.639. The van der Waals surface area contributed by atoms with Gasteiger partial charge in [-0.05, 0) is 24.3 Å². The highest BCUT2D eigenvalue weighted by molar-refractivity contribution is 6.34. The van der Waals surface area contributed by atoms with E-state index in [2.05, 4.69) is 21.4 Å². The van der Waals surface area contributed by atoms with Crippen molar-refractivity contribution in [3.8, 4) is 22.9 Å². The quantitative estimate of drug-likeness (QED) is 0.389. The van der Waals surface area contributed by atoms with Gasteiger partial charge in [0.05, 0.1) is 23.8 Å². The van der Waals surface area contributed by atoms with Crippen LogP contribution in [0.5, 0.6) is 11.8 Å². The molecule has 0 radical (unpaired) electrons. The Bertz CT molecular complexity index is 1400. The zero-order chi connectivity index (χ0) is 28.4. The van der Waals surface area contributed by atoms with Crippen LogP contribution in [0.25, 0.3) is 22.0 Å². The molecule has 2 aliphatic rings. The van der Waals surface area contributed by atoms with Gasteiger partial charge in [-0.25, -0.2) is 13.2 Å². The molecule has 13 heteroatoms. The monoisotopic (exact) mass is 579 g/mol. The first-order valence-corrected chi connectivity index (χ1v) is 13.3. The molecule has 0 saturated carbocycles. The average Bonchev–Trinajstić information content (AvgIpc) is 2.97. The van der Waals surface area contributed by atoms with E-state index in [1.807, 2.05) is 9.80 Å². The molecule has 2 N–H and O–H groups in total. The van der Waals surface area contributed by atoms with Crippen LogP contribution in [0.3, 0.4) is 0 Å². The highest BCUT2D eigenvalue weighted by Crippen LogP contribution is 2.43. The molecule has 2 aromatic carbocycles. The van der Waals surface area contributed by atoms with Crippen molar-refractivity contribution in [2.75, 3.05) is 70.5 Å². The SMILES string of the molecule is C=CC(O)N1CCN(c2nc(OCCN3CCOCC3)nc3c(F)c(-c4c(O)ccc(F)c4F)c(Cl)cc23)CC1. The maximum Gasteiger partial charge on any atom is 0.319 e. The smallest absolute Gasteiger partial charge is 0.319 e. The number of morpholine rings is 1. The number of aliphatic hydroxyl groups excluding tert-OH is 1. The van der Waals surface area contributed by atoms with Gasteiger partial charge in [-0.1, -0.05) is 18.2 Å². The van der Waals surface area contributed by atoms with Crippen LogP contribution in [-0.2, 0) is 4.74 Å². The topological polar surface area (TPSA) is 94.4 Å². The lowest BCUT2D eigenvalue weighted by atomic mass is 10.0. The zero-order valence-electron chi connectivity index (χ0n) is 21.6. The highest BCUT2D eigenvalue weighted by atomic mass is 35.5. The number of fused-ring (bicyclic) bond motifs is 1. The van der Waals surface area contributed by atoms with E-state index in [4.69, 9.17) is 21.1 Å². The first-order valence-electron chi connectivity index (χ1n) is 12.9. The molecule has 1 unspecified atom stereocenters. The van der Waals surface area contributed by atoms with E-state index in [0.29, 0.717) is 51.8 Å². The van der Waals surface area contributed by atoms with E-state index in [1.165, 1.54) is 12.1 Å². The lowest BCUT2D eigenvalue weighted by Gasteiger charge is -2.37. The van der Waals surface area contributed by atoms with Crippen molar-refractivity contribution in [1.82, 2.24) is 19.8 Å². The second-order valence-corrected chi connectivity index (χ2v) is 9.91. The molecular weight excluding hydrogens is 551 g/mol. The maximum absolute atomic E-state index is 16.1. The number of anilines is 1. The number of hydrogen-bond donors (Lipinski definition) is 2. The van der Waals surface area contributed by atoms with E-state index in [9.17, 15) is 19.0 Å². The summed E-state index contributed by atoms with van der Waals surface area (Å²) in [5, 5.41) is 20.4. The summed E-state index contributed by atoms with van der Waals surface area (Å²) in [6.45, 7) is 9.01. The molecule has 0 amide bonds. The number of aliphatic hydroxyl groups is 1. The Morgan fingerprint density at radius 2 is 1.77 bits per heavy atom. The predicted octanol–water partition coefficient (Wildman–Crippen LogP) is 3.41. The summed E-state index contributed by atoms with van der Waals surface area (Å²) in [5.41, 5.74) is -1.44. The molecule has 0 aliphatic carbocycles. The number of ether oxygens (including phenoxy) is 2. The van der Waals surface area contributed by atoms with Crippen molar-refractivity contribution >= 4 is 28.3 Å². The van der Waals surface area contributed by atoms with Gasteiger partial charge in [0.1, 0.15) is 29.9 Å². The van der Waals surface area contributed by atoms with Crippen molar-refractivity contribution in [3.63, 3.8) is 0 Å². The van der Waals surface area contributed by atoms with Gasteiger partial charge in [0.15, 0.2) is 17.5 Å². The van der Waals surface area contributed by atoms with E-state index in [0.717, 1.165) is 25.2 Å². The number of halogens is 4. The number of aromatic nitrogens is 2. The van der Waals surface area contributed by atoms with Gasteiger partial charge >= 0.3 is 6.01 Å². The number of piperazine rings is 1. The van der Waals surface area contributed by atoms with Crippen molar-refractivity contribution in [2.24, 2.45) is 0 Å². The Kier molecular flexibility index (Phi) is 8.62. The second-order valence-electron chi connectivity index (χ2n) is 9.50. The van der Waals surface area contributed by atoms with E-state index in [-0.39, 0.29) is 28.5 Å². The van der Waals surface area contributed by atoms with E-state index < -0.39 is 40.6 Å². The summed E-state index contributed by atoms with van der Waals surface area (Å²) in [5.74, 6) is -4.08. The van der Waals surface area contributed by atoms with Gasteiger partial charge < -0.3 is 24.6 Å². The van der Waals surface area contributed by atoms with Gasteiger partial charge in [-0.2, -0.15) is 9.97 Å². The van der Waals surface area contributed by atoms with Crippen LogP contribution in [-0.4, -0.2) is 102 Å². The molecule has 0 bridgehead atoms. The number of phenols is 1. The predicted molar refractivity (Wildman–Crippen MR) is 144 cm³/mol. The molecule has 0 spiro atoms. The Morgan fingerprint density at radius 3 is 2.48 bits per heavy atom. The average molecular weight is 580 g/mol. The van der Waals surface area contributed by atoms with E-state index >= 15 is 4.39 Å². The van der Waals surface area contributed by atoms with Gasteiger partial charge in [-0.15, -0.1) is 0 Å². The molecule has 2 fully saturated rings. The van der Waals surface area contributed by atoms with Crippen LogP contribution >= 0.6 is 11.6 Å². The second kappa shape index (κ2) is 12.1. The Morgan fingerprint density at radius 1 is 1.05 bits per heavy atom. The summed E-state index contributed by atoms with van der Waals surface area (Å²) in [4.78, 5) is 14.7. The highest BCUT2D eigenvalue weighted by Gasteiger charge is 2.28. The van der Waals surface area contributed by atoms with Crippen molar-refractivity contribution in [3.05, 3.63) is 53.3 Å². The minimum atomic E-state index is -1.44. The number of aromatic hydroxyl groups is 1. The van der Waals surface area contributed by atoms with E-state index in [1.54, 1.807) is 0 Å². The molecular formula is C27H29ClF3N5O4. The normalized spacial score (nSPS) is 17.8. The maximum atomic E-state index is 16.1. The minimum absolute atomic E-state index is 0.0968. The molecule has 2 aliphatic heterocycles. The first-order chi connectivity index (χ1) is 19.3. The Labute approximate surface area is 234 Å². The van der Waals surface area contributed by atoms with Crippen LogP contribution in [0.1, 0.15) is 0 Å². The summed E-state index contributed by atoms with van der Waals surface area (Å²) >= 11 is 6.43. The molecule has 1 aromatic heterocycles. The first kappa shape index (κ1) is 28.4. The molecule has 9 nitrogen and oxygen atoms in total. The van der Waals surface area contributed by atoms with Gasteiger partial charge in [-0.3, -0.25) is 9.80 Å². The fourth-order valence-electron chi connectivity index (χ4n) is 4.91. The van der Waals surface area contributed by atoms with Crippen molar-refractivity contribution < 1.29 is 32.9 Å². The molecule has 3 aromatic rings. The number of nitrogens with zero attached hydrogens (tertiary/aromatic N) is 5. The van der Waals surface area contributed by atoms with Crippen LogP contribution in [0.2, 0.25) is 5.02 Å². The summed E-state index contributed by atoms with van der Waals surface area (Å²) in [7, 11) is 0. The van der Waals surface area contributed by atoms with Crippen LogP contribution in [0.4, 0.5) is 19.0 Å². The third kappa shape index (κ3) is 5.68. The van der Waals surface area contributed by atoms with Crippen molar-refractivity contribution in [1.29, 1.82) is 0 Å². The lowest BCUT2D eigenvalue weighted by molar-refractivity contribution is 0.0317. The third-order valence-electron chi connectivity index (χ3n) is 7.11. The summed E-state index contributed by atoms with van der Waals surface area (Å²) < 4.78 is 56.2. The van der Waals surface area contributed by atoms with Crippen LogP contribution in [0.15, 0.2) is 30.9 Å². The minimum Gasteiger partial charge on any atom is -0.507 e. The molecule has 5 rings (SSSR count). The molecule has 1 atom stereocenters.